The van der Waals surface area contributed by atoms with Crippen LogP contribution in [-0.4, -0.2) is 108 Å². The molecular formula is C16H30N2O8. The number of ether oxygens (including phenoxy) is 2. The number of esters is 1. The van der Waals surface area contributed by atoms with Crippen LogP contribution < -0.4 is 5.32 Å². The van der Waals surface area contributed by atoms with Gasteiger partial charge in [0.1, 0.15) is 36.6 Å². The number of nitrogens with one attached hydrogen (secondary N) is 1. The van der Waals surface area contributed by atoms with E-state index >= 15 is 0 Å². The summed E-state index contributed by atoms with van der Waals surface area (Å²) in [6, 6.07) is -0.992. The lowest BCUT2D eigenvalue weighted by molar-refractivity contribution is -0.240. The molecule has 1 amide bonds. The third-order valence-corrected chi connectivity index (χ3v) is 4.27. The number of methoxy groups -OCH3 is 1. The van der Waals surface area contributed by atoms with Gasteiger partial charge in [0.25, 0.3) is 0 Å². The highest BCUT2D eigenvalue weighted by Gasteiger charge is 2.51. The highest BCUT2D eigenvalue weighted by molar-refractivity contribution is 5.85. The number of aliphatic hydroxyl groups excluding tert-OH is 4. The summed E-state index contributed by atoms with van der Waals surface area (Å²) in [5.74, 6) is -1.53. The van der Waals surface area contributed by atoms with Crippen LogP contribution >= 0.6 is 0 Å². The minimum absolute atomic E-state index is 0.0763. The van der Waals surface area contributed by atoms with Crippen LogP contribution in [0, 0.1) is 5.92 Å². The van der Waals surface area contributed by atoms with Gasteiger partial charge in [-0.05, 0) is 20.0 Å². The normalized spacial score (nSPS) is 33.2. The fourth-order valence-corrected chi connectivity index (χ4v) is 2.80. The van der Waals surface area contributed by atoms with Gasteiger partial charge < -0.3 is 40.1 Å². The van der Waals surface area contributed by atoms with Crippen LogP contribution in [-0.2, 0) is 19.1 Å². The van der Waals surface area contributed by atoms with Gasteiger partial charge in [-0.1, -0.05) is 13.8 Å². The van der Waals surface area contributed by atoms with Crippen LogP contribution in [0.5, 0.6) is 0 Å². The van der Waals surface area contributed by atoms with Crippen molar-refractivity contribution in [3.63, 3.8) is 0 Å². The second-order valence-electron chi connectivity index (χ2n) is 7.09. The number of nitrogens with zero attached hydrogens (tertiary/aromatic N) is 1. The second-order valence-corrected chi connectivity index (χ2v) is 7.09. The van der Waals surface area contributed by atoms with Crippen molar-refractivity contribution in [2.24, 2.45) is 5.92 Å². The molecule has 10 heteroatoms. The Bertz CT molecular complexity index is 487. The molecule has 0 bridgehead atoms. The molecule has 7 atom stereocenters. The van der Waals surface area contributed by atoms with E-state index in [2.05, 4.69) is 5.32 Å². The average molecular weight is 378 g/mol. The molecule has 0 aromatic heterocycles. The summed E-state index contributed by atoms with van der Waals surface area (Å²) in [6.45, 7) is 3.49. The summed E-state index contributed by atoms with van der Waals surface area (Å²) in [6.07, 6.45) is -9.23. The monoisotopic (exact) mass is 378 g/mol. The van der Waals surface area contributed by atoms with Gasteiger partial charge in [-0.3, -0.25) is 4.79 Å². The second kappa shape index (κ2) is 9.58. The Morgan fingerprint density at radius 3 is 1.92 bits per heavy atom. The number of hydrogen-bond donors (Lipinski definition) is 5. The van der Waals surface area contributed by atoms with E-state index in [-0.39, 0.29) is 18.4 Å². The predicted octanol–water partition coefficient (Wildman–Crippen LogP) is -2.93. The zero-order valence-corrected chi connectivity index (χ0v) is 15.7. The van der Waals surface area contributed by atoms with Crippen LogP contribution in [0.15, 0.2) is 0 Å². The van der Waals surface area contributed by atoms with Crippen molar-refractivity contribution in [3.8, 4) is 0 Å². The van der Waals surface area contributed by atoms with Crippen LogP contribution in [0.25, 0.3) is 0 Å². The minimum Gasteiger partial charge on any atom is -0.455 e. The van der Waals surface area contributed by atoms with E-state index in [9.17, 15) is 30.0 Å². The molecule has 1 aliphatic carbocycles. The molecule has 1 saturated carbocycles. The molecule has 26 heavy (non-hydrogen) atoms. The van der Waals surface area contributed by atoms with E-state index in [0.29, 0.717) is 0 Å². The van der Waals surface area contributed by atoms with Crippen molar-refractivity contribution in [1.29, 1.82) is 0 Å². The number of carbonyl (C=O) groups is 2. The maximum Gasteiger partial charge on any atom is 0.329 e. The highest BCUT2D eigenvalue weighted by atomic mass is 16.6. The number of likely N-dealkylation sites (N-methyl/N-ethyl adjacent to an activating group) is 1. The van der Waals surface area contributed by atoms with Crippen LogP contribution in [0.4, 0.5) is 0 Å². The minimum atomic E-state index is -1.71. The summed E-state index contributed by atoms with van der Waals surface area (Å²) < 4.78 is 10.3. The Kier molecular flexibility index (Phi) is 8.38. The van der Waals surface area contributed by atoms with Crippen molar-refractivity contribution >= 4 is 11.9 Å². The molecule has 0 radical (unpaired) electrons. The molecule has 0 aliphatic heterocycles. The smallest absolute Gasteiger partial charge is 0.329 e. The molecule has 0 saturated heterocycles. The van der Waals surface area contributed by atoms with Gasteiger partial charge in [-0.25, -0.2) is 4.79 Å². The summed E-state index contributed by atoms with van der Waals surface area (Å²) in [4.78, 5) is 26.1. The molecule has 1 rings (SSSR count). The summed E-state index contributed by atoms with van der Waals surface area (Å²) in [7, 11) is 4.63. The van der Waals surface area contributed by atoms with Gasteiger partial charge in [0.2, 0.25) is 5.91 Å². The third kappa shape index (κ3) is 5.35. The van der Waals surface area contributed by atoms with Gasteiger partial charge in [0.05, 0.1) is 6.54 Å². The number of hydrogen-bond acceptors (Lipinski definition) is 9. The predicted molar refractivity (Wildman–Crippen MR) is 90.0 cm³/mol. The van der Waals surface area contributed by atoms with Gasteiger partial charge >= 0.3 is 5.97 Å². The van der Waals surface area contributed by atoms with Crippen molar-refractivity contribution in [1.82, 2.24) is 10.2 Å². The Morgan fingerprint density at radius 2 is 1.50 bits per heavy atom. The van der Waals surface area contributed by atoms with E-state index in [1.807, 2.05) is 0 Å². The zero-order valence-electron chi connectivity index (χ0n) is 15.7. The van der Waals surface area contributed by atoms with E-state index in [0.717, 1.165) is 0 Å². The van der Waals surface area contributed by atoms with Crippen LogP contribution in [0.2, 0.25) is 0 Å². The number of rotatable bonds is 7. The molecule has 0 aromatic rings. The molecule has 1 fully saturated rings. The molecule has 1 aliphatic rings. The maximum atomic E-state index is 12.5. The lowest BCUT2D eigenvalue weighted by atomic mass is 9.84. The summed E-state index contributed by atoms with van der Waals surface area (Å²) >= 11 is 0. The summed E-state index contributed by atoms with van der Waals surface area (Å²) in [5, 5.41) is 42.2. The molecule has 10 nitrogen and oxygen atoms in total. The van der Waals surface area contributed by atoms with E-state index < -0.39 is 48.6 Å². The third-order valence-electron chi connectivity index (χ3n) is 4.27. The molecule has 6 unspecified atom stereocenters. The fourth-order valence-electron chi connectivity index (χ4n) is 2.80. The van der Waals surface area contributed by atoms with Crippen LogP contribution in [0.1, 0.15) is 13.8 Å². The Hall–Kier alpha value is -1.30. The first-order chi connectivity index (χ1) is 12.0. The first kappa shape index (κ1) is 22.7. The van der Waals surface area contributed by atoms with Gasteiger partial charge in [0, 0.05) is 7.11 Å². The maximum absolute atomic E-state index is 12.5. The van der Waals surface area contributed by atoms with E-state index in [4.69, 9.17) is 9.47 Å². The Balaban J connectivity index is 2.90. The molecule has 152 valence electrons. The molecule has 0 spiro atoms. The standard InChI is InChI=1S/C16H30N2O8/c1-7(2)9(17-8(19)6-18(3)4)16(24)26-15-13(23)11(21)10(20)12(22)14(15)25-5/h7,9-15,20-23H,6H2,1-5H3,(H,17,19)/t9-,10?,11?,12?,13?,14?,15?/m0/s1. The highest BCUT2D eigenvalue weighted by Crippen LogP contribution is 2.26. The molecule has 5 N–H and O–H groups in total. The zero-order chi connectivity index (χ0) is 20.2. The topological polar surface area (TPSA) is 149 Å². The van der Waals surface area contributed by atoms with E-state index in [1.54, 1.807) is 32.8 Å². The average Bonchev–Trinajstić information content (AvgIpc) is 2.54. The Labute approximate surface area is 152 Å². The van der Waals surface area contributed by atoms with Gasteiger partial charge in [0.15, 0.2) is 6.10 Å². The lowest BCUT2D eigenvalue weighted by Crippen LogP contribution is -2.65. The Morgan fingerprint density at radius 1 is 1.00 bits per heavy atom. The molecular weight excluding hydrogens is 348 g/mol. The van der Waals surface area contributed by atoms with Crippen LogP contribution in [0.3, 0.4) is 0 Å². The number of carbonyl (C=O) groups excluding carboxylic acids is 2. The van der Waals surface area contributed by atoms with Crippen molar-refractivity contribution in [3.05, 3.63) is 0 Å². The molecule has 0 heterocycles. The summed E-state index contributed by atoms with van der Waals surface area (Å²) in [5.41, 5.74) is 0. The van der Waals surface area contributed by atoms with Gasteiger partial charge in [-0.2, -0.15) is 0 Å². The van der Waals surface area contributed by atoms with Crippen molar-refractivity contribution < 1.29 is 39.5 Å². The number of amides is 1. The van der Waals surface area contributed by atoms with Gasteiger partial charge in [-0.15, -0.1) is 0 Å². The van der Waals surface area contributed by atoms with Crippen molar-refractivity contribution in [2.45, 2.75) is 56.5 Å². The lowest BCUT2D eigenvalue weighted by Gasteiger charge is -2.43. The first-order valence-electron chi connectivity index (χ1n) is 8.40. The van der Waals surface area contributed by atoms with E-state index in [1.165, 1.54) is 7.11 Å². The first-order valence-corrected chi connectivity index (χ1v) is 8.40. The fraction of sp³-hybridized carbons (Fsp3) is 0.875. The largest absolute Gasteiger partial charge is 0.455 e. The SMILES string of the molecule is COC1C(O)C(O)C(O)C(O)C1OC(=O)[C@@H](NC(=O)CN(C)C)C(C)C. The van der Waals surface area contributed by atoms with Crippen molar-refractivity contribution in [2.75, 3.05) is 27.7 Å². The quantitative estimate of drug-likeness (QED) is 0.294. The molecule has 0 aromatic carbocycles. The number of aliphatic hydroxyl groups is 4.